The van der Waals surface area contributed by atoms with Crippen LogP contribution in [0.15, 0.2) is 0 Å². The normalized spacial score (nSPS) is 23.9. The Labute approximate surface area is 99.4 Å². The minimum atomic E-state index is 0.0434. The lowest BCUT2D eigenvalue weighted by Crippen LogP contribution is -2.45. The number of rotatable bonds is 4. The highest BCUT2D eigenvalue weighted by Gasteiger charge is 2.19. The van der Waals surface area contributed by atoms with Crippen LogP contribution in [0, 0.1) is 11.8 Å². The van der Waals surface area contributed by atoms with E-state index in [9.17, 15) is 4.79 Å². The van der Waals surface area contributed by atoms with Gasteiger partial charge in [0.2, 0.25) is 5.91 Å². The van der Waals surface area contributed by atoms with Gasteiger partial charge in [-0.2, -0.15) is 0 Å². The number of nitrogens with one attached hydrogen (secondary N) is 2. The van der Waals surface area contributed by atoms with Crippen molar-refractivity contribution in [2.24, 2.45) is 11.8 Å². The van der Waals surface area contributed by atoms with Crippen molar-refractivity contribution in [2.75, 3.05) is 13.1 Å². The van der Waals surface area contributed by atoms with Gasteiger partial charge in [-0.05, 0) is 31.2 Å². The van der Waals surface area contributed by atoms with Gasteiger partial charge in [0.05, 0.1) is 6.04 Å². The largest absolute Gasteiger partial charge is 0.354 e. The molecule has 0 aliphatic carbocycles. The Bertz CT molecular complexity index is 208. The highest BCUT2D eigenvalue weighted by Crippen LogP contribution is 2.10. The Hall–Kier alpha value is -0.570. The maximum atomic E-state index is 11.9. The van der Waals surface area contributed by atoms with Gasteiger partial charge in [-0.1, -0.05) is 33.6 Å². The molecule has 1 aliphatic heterocycles. The van der Waals surface area contributed by atoms with E-state index in [1.807, 2.05) is 0 Å². The second-order valence-electron chi connectivity index (χ2n) is 5.32. The smallest absolute Gasteiger partial charge is 0.237 e. The maximum absolute atomic E-state index is 11.9. The molecule has 94 valence electrons. The monoisotopic (exact) mass is 226 g/mol. The summed E-state index contributed by atoms with van der Waals surface area (Å²) in [4.78, 5) is 11.9. The van der Waals surface area contributed by atoms with Gasteiger partial charge >= 0.3 is 0 Å². The summed E-state index contributed by atoms with van der Waals surface area (Å²) in [5.74, 6) is 1.37. The molecule has 1 fully saturated rings. The number of carbonyl (C=O) groups is 1. The fraction of sp³-hybridized carbons (Fsp3) is 0.923. The maximum Gasteiger partial charge on any atom is 0.237 e. The topological polar surface area (TPSA) is 41.1 Å². The minimum Gasteiger partial charge on any atom is -0.354 e. The summed E-state index contributed by atoms with van der Waals surface area (Å²) in [6.07, 6.45) is 4.61. The van der Waals surface area contributed by atoms with E-state index in [0.717, 1.165) is 19.5 Å². The van der Waals surface area contributed by atoms with Gasteiger partial charge in [0, 0.05) is 6.54 Å². The first-order valence-corrected chi connectivity index (χ1v) is 6.62. The number of hydrogen-bond donors (Lipinski definition) is 2. The zero-order valence-corrected chi connectivity index (χ0v) is 10.9. The average Bonchev–Trinajstić information content (AvgIpc) is 2.53. The molecule has 1 heterocycles. The van der Waals surface area contributed by atoms with Crippen molar-refractivity contribution in [3.05, 3.63) is 0 Å². The molecule has 0 bridgehead atoms. The molecule has 0 aromatic rings. The molecule has 0 aromatic carbocycles. The van der Waals surface area contributed by atoms with E-state index in [4.69, 9.17) is 0 Å². The summed E-state index contributed by atoms with van der Waals surface area (Å²) in [6.45, 7) is 8.36. The molecule has 1 rings (SSSR count). The molecule has 16 heavy (non-hydrogen) atoms. The molecule has 2 unspecified atom stereocenters. The fourth-order valence-corrected chi connectivity index (χ4v) is 1.87. The Morgan fingerprint density at radius 2 is 2.06 bits per heavy atom. The molecule has 0 aromatic heterocycles. The Kier molecular flexibility index (Phi) is 5.81. The molecule has 0 saturated carbocycles. The highest BCUT2D eigenvalue weighted by atomic mass is 16.2. The predicted molar refractivity (Wildman–Crippen MR) is 67.3 cm³/mol. The van der Waals surface area contributed by atoms with Gasteiger partial charge in [-0.15, -0.1) is 0 Å². The summed E-state index contributed by atoms with van der Waals surface area (Å²) in [6, 6.07) is 0.0434. The summed E-state index contributed by atoms with van der Waals surface area (Å²) in [7, 11) is 0. The highest BCUT2D eigenvalue weighted by molar-refractivity contribution is 5.81. The van der Waals surface area contributed by atoms with E-state index in [-0.39, 0.29) is 11.9 Å². The van der Waals surface area contributed by atoms with Crippen LogP contribution in [0.5, 0.6) is 0 Å². The Balaban J connectivity index is 2.27. The summed E-state index contributed by atoms with van der Waals surface area (Å²) in [5.41, 5.74) is 0. The van der Waals surface area contributed by atoms with Crippen molar-refractivity contribution in [3.8, 4) is 0 Å². The SMILES string of the molecule is CC(C)C(C)CNC(=O)C1CCCCCN1. The molecule has 0 spiro atoms. The molecular weight excluding hydrogens is 200 g/mol. The molecule has 1 saturated heterocycles. The van der Waals surface area contributed by atoms with Crippen molar-refractivity contribution in [3.63, 3.8) is 0 Å². The van der Waals surface area contributed by atoms with Crippen LogP contribution in [0.1, 0.15) is 46.5 Å². The van der Waals surface area contributed by atoms with Gasteiger partial charge < -0.3 is 10.6 Å². The van der Waals surface area contributed by atoms with E-state index in [1.165, 1.54) is 19.3 Å². The van der Waals surface area contributed by atoms with E-state index < -0.39 is 0 Å². The summed E-state index contributed by atoms with van der Waals surface area (Å²) >= 11 is 0. The van der Waals surface area contributed by atoms with Crippen LogP contribution in [-0.4, -0.2) is 25.0 Å². The van der Waals surface area contributed by atoms with Crippen LogP contribution in [0.3, 0.4) is 0 Å². The zero-order valence-electron chi connectivity index (χ0n) is 10.9. The molecule has 1 aliphatic rings. The van der Waals surface area contributed by atoms with Gasteiger partial charge in [0.25, 0.3) is 0 Å². The third-order valence-corrected chi connectivity index (χ3v) is 3.61. The minimum absolute atomic E-state index is 0.0434. The first kappa shape index (κ1) is 13.5. The predicted octanol–water partition coefficient (Wildman–Crippen LogP) is 1.93. The van der Waals surface area contributed by atoms with Crippen molar-refractivity contribution in [1.29, 1.82) is 0 Å². The van der Waals surface area contributed by atoms with Gasteiger partial charge in [-0.3, -0.25) is 4.79 Å². The first-order chi connectivity index (χ1) is 7.61. The molecule has 3 heteroatoms. The van der Waals surface area contributed by atoms with Crippen molar-refractivity contribution in [1.82, 2.24) is 10.6 Å². The van der Waals surface area contributed by atoms with Gasteiger partial charge in [0.1, 0.15) is 0 Å². The Morgan fingerprint density at radius 3 is 2.75 bits per heavy atom. The molecular formula is C13H26N2O. The van der Waals surface area contributed by atoms with Crippen LogP contribution in [0.2, 0.25) is 0 Å². The van der Waals surface area contributed by atoms with Crippen LogP contribution >= 0.6 is 0 Å². The van der Waals surface area contributed by atoms with E-state index >= 15 is 0 Å². The first-order valence-electron chi connectivity index (χ1n) is 6.62. The second-order valence-corrected chi connectivity index (χ2v) is 5.32. The van der Waals surface area contributed by atoms with E-state index in [0.29, 0.717) is 11.8 Å². The quantitative estimate of drug-likeness (QED) is 0.769. The van der Waals surface area contributed by atoms with Crippen LogP contribution in [0.4, 0.5) is 0 Å². The molecule has 3 nitrogen and oxygen atoms in total. The summed E-state index contributed by atoms with van der Waals surface area (Å²) in [5, 5.41) is 6.38. The zero-order chi connectivity index (χ0) is 12.0. The van der Waals surface area contributed by atoms with Crippen LogP contribution in [0.25, 0.3) is 0 Å². The van der Waals surface area contributed by atoms with Crippen LogP contribution in [-0.2, 0) is 4.79 Å². The Morgan fingerprint density at radius 1 is 1.31 bits per heavy atom. The lowest BCUT2D eigenvalue weighted by molar-refractivity contribution is -0.123. The molecule has 0 radical (unpaired) electrons. The van der Waals surface area contributed by atoms with Crippen molar-refractivity contribution >= 4 is 5.91 Å². The number of hydrogen-bond acceptors (Lipinski definition) is 2. The lowest BCUT2D eigenvalue weighted by Gasteiger charge is -2.19. The number of amides is 1. The van der Waals surface area contributed by atoms with Crippen LogP contribution < -0.4 is 10.6 Å². The fourth-order valence-electron chi connectivity index (χ4n) is 1.87. The van der Waals surface area contributed by atoms with Crippen molar-refractivity contribution < 1.29 is 4.79 Å². The second kappa shape index (κ2) is 6.89. The van der Waals surface area contributed by atoms with Crippen molar-refractivity contribution in [2.45, 2.75) is 52.5 Å². The lowest BCUT2D eigenvalue weighted by atomic mass is 9.98. The van der Waals surface area contributed by atoms with Gasteiger partial charge in [-0.25, -0.2) is 0 Å². The third kappa shape index (κ3) is 4.52. The standard InChI is InChI=1S/C13H26N2O/c1-10(2)11(3)9-15-13(16)12-7-5-4-6-8-14-12/h10-12,14H,4-9H2,1-3H3,(H,15,16). The van der Waals surface area contributed by atoms with E-state index in [1.54, 1.807) is 0 Å². The molecule has 2 atom stereocenters. The number of carbonyl (C=O) groups excluding carboxylic acids is 1. The van der Waals surface area contributed by atoms with E-state index in [2.05, 4.69) is 31.4 Å². The van der Waals surface area contributed by atoms with Gasteiger partial charge in [0.15, 0.2) is 0 Å². The molecule has 2 N–H and O–H groups in total. The summed E-state index contributed by atoms with van der Waals surface area (Å²) < 4.78 is 0. The average molecular weight is 226 g/mol. The third-order valence-electron chi connectivity index (χ3n) is 3.61. The molecule has 1 amide bonds.